The van der Waals surface area contributed by atoms with E-state index in [0.29, 0.717) is 6.54 Å². The fourth-order valence-corrected chi connectivity index (χ4v) is 6.50. The summed E-state index contributed by atoms with van der Waals surface area (Å²) in [5.41, 5.74) is 13.3. The van der Waals surface area contributed by atoms with Gasteiger partial charge in [0.15, 0.2) is 0 Å². The first-order valence-corrected chi connectivity index (χ1v) is 26.3. The third kappa shape index (κ3) is 33.0. The molecule has 0 aliphatic heterocycles. The van der Waals surface area contributed by atoms with E-state index >= 15 is 0 Å². The maximum Gasteiger partial charge on any atom is 0.149 e. The zero-order valence-corrected chi connectivity index (χ0v) is 49.2. The fraction of sp³-hybridized carbons (Fsp3) is 0.324. The van der Waals surface area contributed by atoms with Gasteiger partial charge in [-0.25, -0.2) is 0 Å². The summed E-state index contributed by atoms with van der Waals surface area (Å²) in [6, 6.07) is 37.2. The molecular formula is C68H95ClN4O. The summed E-state index contributed by atoms with van der Waals surface area (Å²) in [7, 11) is 4.01. The molecule has 5 rings (SSSR count). The van der Waals surface area contributed by atoms with Gasteiger partial charge < -0.3 is 15.1 Å². The third-order valence-electron chi connectivity index (χ3n) is 9.94. The van der Waals surface area contributed by atoms with Gasteiger partial charge in [0.1, 0.15) is 5.78 Å². The number of carbonyl (C=O) groups excluding carboxylic acids is 1. The SMILES string of the molecule is C#C.C#C.C=C(c1ncccc1-c1ccc(C)cc1)N(CCC)CC(C)=O.C=C/C(NC)=C(/C=C\C)c1ccc(Cl)cc1.C=CCN(C)CCCC.CC.CC.CC.Cc1ccc(/C=C/c2ccc(C)cc2)cc1. The zero-order chi connectivity index (χ0) is 57.3. The van der Waals surface area contributed by atoms with Crippen molar-refractivity contribution in [2.45, 2.75) is 109 Å². The van der Waals surface area contributed by atoms with Crippen molar-refractivity contribution in [1.29, 1.82) is 0 Å². The van der Waals surface area contributed by atoms with Crippen molar-refractivity contribution in [2.75, 3.05) is 40.3 Å². The van der Waals surface area contributed by atoms with E-state index in [4.69, 9.17) is 11.6 Å². The Hall–Kier alpha value is -6.89. The van der Waals surface area contributed by atoms with E-state index in [-0.39, 0.29) is 5.78 Å². The largest absolute Gasteiger partial charge is 0.388 e. The number of aryl methyl sites for hydroxylation is 3. The highest BCUT2D eigenvalue weighted by Gasteiger charge is 2.16. The van der Waals surface area contributed by atoms with Crippen LogP contribution in [0.4, 0.5) is 0 Å². The maximum absolute atomic E-state index is 11.6. The fourth-order valence-electron chi connectivity index (χ4n) is 6.37. The van der Waals surface area contributed by atoms with Crippen LogP contribution in [0.2, 0.25) is 5.02 Å². The van der Waals surface area contributed by atoms with Gasteiger partial charge in [-0.05, 0) is 108 Å². The average molecular weight is 1020 g/mol. The molecule has 0 unspecified atom stereocenters. The molecule has 0 amide bonds. The van der Waals surface area contributed by atoms with E-state index in [1.165, 1.54) is 47.2 Å². The molecule has 0 spiro atoms. The Labute approximate surface area is 459 Å². The standard InChI is InChI=1S/C20H24N2O.C16H16.C14H16ClN.C8H17N.3C2H6.2C2H2/c1-5-13-22(14-16(3)23)17(4)20-19(7-6-12-21-20)18-10-8-15(2)9-11-18;1-13-3-7-15(8-4-13)11-12-16-9-5-14(2)6-10-16;1-4-6-13(14(5-2)16-3)11-7-9-12(15)10-8-11;1-4-6-8-9(3)7-5-2;5*1-2/h6-12H,4-5,13-14H2,1-3H3;3-12H,1-2H3;4-10,16H,2H2,1,3H3;5H,2,4,6-8H2,1,3H3;3*1-2H3;2*1-2H/b;12-11+;6-4-,14-13+;;;;;;. The molecular weight excluding hydrogens is 924 g/mol. The van der Waals surface area contributed by atoms with Crippen LogP contribution in [0.15, 0.2) is 165 Å². The van der Waals surface area contributed by atoms with E-state index in [0.717, 1.165) is 63.9 Å². The molecule has 400 valence electrons. The smallest absolute Gasteiger partial charge is 0.149 e. The number of benzene rings is 4. The second-order valence-electron chi connectivity index (χ2n) is 15.7. The number of hydrogen-bond donors (Lipinski definition) is 1. The van der Waals surface area contributed by atoms with E-state index in [9.17, 15) is 4.79 Å². The Morgan fingerprint density at radius 2 is 1.19 bits per heavy atom. The Balaban J connectivity index is -0.000000431. The lowest BCUT2D eigenvalue weighted by Gasteiger charge is -2.26. The van der Waals surface area contributed by atoms with Crippen molar-refractivity contribution < 1.29 is 4.79 Å². The van der Waals surface area contributed by atoms with Gasteiger partial charge in [-0.2, -0.15) is 0 Å². The number of hydrogen-bond acceptors (Lipinski definition) is 5. The maximum atomic E-state index is 11.6. The number of halogens is 1. The Kier molecular flexibility index (Phi) is 49.4. The summed E-state index contributed by atoms with van der Waals surface area (Å²) >= 11 is 5.87. The average Bonchev–Trinajstić information content (AvgIpc) is 3.44. The van der Waals surface area contributed by atoms with E-state index in [2.05, 4.69) is 199 Å². The Morgan fingerprint density at radius 3 is 1.58 bits per heavy atom. The van der Waals surface area contributed by atoms with Gasteiger partial charge in [0.25, 0.3) is 0 Å². The third-order valence-corrected chi connectivity index (χ3v) is 10.2. The Bertz CT molecular complexity index is 2280. The molecule has 0 saturated heterocycles. The molecule has 0 atom stereocenters. The minimum atomic E-state index is 0.132. The predicted molar refractivity (Wildman–Crippen MR) is 336 cm³/mol. The van der Waals surface area contributed by atoms with Crippen molar-refractivity contribution in [3.8, 4) is 36.8 Å². The minimum Gasteiger partial charge on any atom is -0.388 e. The number of allylic oxidation sites excluding steroid dienone is 4. The van der Waals surface area contributed by atoms with Crippen LogP contribution in [-0.4, -0.2) is 60.8 Å². The number of carbonyl (C=O) groups is 1. The molecule has 0 aliphatic rings. The molecule has 0 saturated carbocycles. The molecule has 5 nitrogen and oxygen atoms in total. The normalized spacial score (nSPS) is 9.80. The van der Waals surface area contributed by atoms with Crippen LogP contribution in [0.25, 0.3) is 34.5 Å². The molecule has 0 bridgehead atoms. The van der Waals surface area contributed by atoms with Crippen molar-refractivity contribution in [3.05, 3.63) is 209 Å². The minimum absolute atomic E-state index is 0.132. The van der Waals surface area contributed by atoms with Gasteiger partial charge in [-0.15, -0.1) is 32.3 Å². The number of terminal acetylenes is 2. The number of aromatic nitrogens is 1. The first-order chi connectivity index (χ1) is 35.8. The molecule has 6 heteroatoms. The second kappa shape index (κ2) is 49.7. The lowest BCUT2D eigenvalue weighted by atomic mass is 10.0. The lowest BCUT2D eigenvalue weighted by molar-refractivity contribution is -0.117. The highest BCUT2D eigenvalue weighted by atomic mass is 35.5. The van der Waals surface area contributed by atoms with E-state index in [1.54, 1.807) is 13.1 Å². The first kappa shape index (κ1) is 73.6. The first-order valence-electron chi connectivity index (χ1n) is 26.0. The number of pyridine rings is 1. The summed E-state index contributed by atoms with van der Waals surface area (Å²) in [5.74, 6) is 0.132. The van der Waals surface area contributed by atoms with Crippen molar-refractivity contribution in [2.24, 2.45) is 0 Å². The van der Waals surface area contributed by atoms with Gasteiger partial charge in [0.05, 0.1) is 17.9 Å². The van der Waals surface area contributed by atoms with Crippen LogP contribution in [0.1, 0.15) is 128 Å². The number of nitrogens with one attached hydrogen (secondary N) is 1. The molecule has 0 aliphatic carbocycles. The highest BCUT2D eigenvalue weighted by Crippen LogP contribution is 2.29. The van der Waals surface area contributed by atoms with Crippen LogP contribution in [0, 0.1) is 46.5 Å². The van der Waals surface area contributed by atoms with Gasteiger partial charge >= 0.3 is 0 Å². The van der Waals surface area contributed by atoms with Gasteiger partial charge in [-0.1, -0.05) is 225 Å². The van der Waals surface area contributed by atoms with Crippen LogP contribution in [-0.2, 0) is 4.79 Å². The number of ketones is 1. The van der Waals surface area contributed by atoms with E-state index in [1.807, 2.05) is 109 Å². The molecule has 1 heterocycles. The number of likely N-dealkylation sites (N-methyl/N-ethyl adjacent to an activating group) is 2. The van der Waals surface area contributed by atoms with Gasteiger partial charge in [0.2, 0.25) is 0 Å². The van der Waals surface area contributed by atoms with Crippen molar-refractivity contribution in [3.63, 3.8) is 0 Å². The summed E-state index contributed by atoms with van der Waals surface area (Å²) in [4.78, 5) is 20.4. The van der Waals surface area contributed by atoms with Crippen LogP contribution >= 0.6 is 11.6 Å². The summed E-state index contributed by atoms with van der Waals surface area (Å²) in [6.45, 7) is 41.2. The highest BCUT2D eigenvalue weighted by molar-refractivity contribution is 6.30. The van der Waals surface area contributed by atoms with Crippen molar-refractivity contribution in [1.82, 2.24) is 20.1 Å². The predicted octanol–water partition coefficient (Wildman–Crippen LogP) is 18.3. The zero-order valence-electron chi connectivity index (χ0n) is 48.4. The number of nitrogens with zero attached hydrogens (tertiary/aromatic N) is 3. The molecule has 74 heavy (non-hydrogen) atoms. The lowest BCUT2D eigenvalue weighted by Crippen LogP contribution is -2.28. The van der Waals surface area contributed by atoms with Gasteiger partial charge in [-0.3, -0.25) is 9.78 Å². The van der Waals surface area contributed by atoms with Crippen LogP contribution in [0.5, 0.6) is 0 Å². The number of Topliss-reactive ketones (excluding diaryl/α,β-unsaturated/α-hetero) is 1. The van der Waals surface area contributed by atoms with Crippen molar-refractivity contribution >= 4 is 40.8 Å². The summed E-state index contributed by atoms with van der Waals surface area (Å²) < 4.78 is 0. The summed E-state index contributed by atoms with van der Waals surface area (Å²) in [5, 5.41) is 3.87. The summed E-state index contributed by atoms with van der Waals surface area (Å²) in [6.07, 6.45) is 33.4. The van der Waals surface area contributed by atoms with Crippen LogP contribution < -0.4 is 5.32 Å². The molecule has 5 aromatic rings. The monoisotopic (exact) mass is 1020 g/mol. The Morgan fingerprint density at radius 1 is 0.716 bits per heavy atom. The molecule has 0 radical (unpaired) electrons. The molecule has 1 N–H and O–H groups in total. The topological polar surface area (TPSA) is 48.5 Å². The number of rotatable bonds is 18. The molecule has 0 fully saturated rings. The van der Waals surface area contributed by atoms with Gasteiger partial charge in [0, 0.05) is 48.2 Å². The number of unbranched alkanes of at least 4 members (excludes halogenated alkanes) is 1. The van der Waals surface area contributed by atoms with Crippen LogP contribution in [0.3, 0.4) is 0 Å². The molecule has 4 aromatic carbocycles. The van der Waals surface area contributed by atoms with E-state index < -0.39 is 0 Å². The molecule has 1 aromatic heterocycles. The quantitative estimate of drug-likeness (QED) is 0.0410. The second-order valence-corrected chi connectivity index (χ2v) is 16.1.